The van der Waals surface area contributed by atoms with Crippen LogP contribution in [-0.4, -0.2) is 69.5 Å². The van der Waals surface area contributed by atoms with Crippen molar-refractivity contribution in [1.82, 2.24) is 10.6 Å². The fraction of sp³-hybridized carbons (Fsp3) is 0.667. The van der Waals surface area contributed by atoms with Crippen LogP contribution in [0.4, 0.5) is 8.78 Å². The summed E-state index contributed by atoms with van der Waals surface area (Å²) in [5.41, 5.74) is 5.23. The molecule has 0 aromatic heterocycles. The first-order valence-electron chi connectivity index (χ1n) is 6.83. The van der Waals surface area contributed by atoms with E-state index >= 15 is 0 Å². The number of alkyl halides is 3. The second kappa shape index (κ2) is 11.1. The monoisotopic (exact) mass is 405 g/mol. The number of hydrogen-bond donors (Lipinski definition) is 5. The van der Waals surface area contributed by atoms with Crippen LogP contribution in [0.3, 0.4) is 0 Å². The number of aliphatic carboxylic acids is 2. The predicted octanol–water partition coefficient (Wildman–Crippen LogP) is -0.571. The maximum Gasteiger partial charge on any atom is 0.322 e. The predicted molar refractivity (Wildman–Crippen MR) is 85.5 cm³/mol. The molecule has 0 rings (SSSR count). The molecule has 0 heterocycles. The van der Waals surface area contributed by atoms with Gasteiger partial charge in [0.25, 0.3) is 0 Å². The number of amides is 2. The highest BCUT2D eigenvalue weighted by molar-refractivity contribution is 8.00. The van der Waals surface area contributed by atoms with Gasteiger partial charge in [0.15, 0.2) is 0 Å². The summed E-state index contributed by atoms with van der Waals surface area (Å²) in [6.07, 6.45) is -0.581. The first-order valence-corrected chi connectivity index (χ1v) is 8.35. The molecule has 0 aromatic rings. The molecule has 25 heavy (non-hydrogen) atoms. The van der Waals surface area contributed by atoms with Crippen molar-refractivity contribution in [3.8, 4) is 0 Å². The van der Waals surface area contributed by atoms with Crippen molar-refractivity contribution in [2.45, 2.75) is 30.2 Å². The van der Waals surface area contributed by atoms with Crippen LogP contribution in [0, 0.1) is 0 Å². The normalized spacial score (nSPS) is 13.6. The van der Waals surface area contributed by atoms with Crippen LogP contribution in [0.15, 0.2) is 0 Å². The smallest absolute Gasteiger partial charge is 0.322 e. The van der Waals surface area contributed by atoms with Crippen LogP contribution < -0.4 is 16.4 Å². The number of thioether (sulfide) groups is 1. The van der Waals surface area contributed by atoms with Gasteiger partial charge >= 0.3 is 17.2 Å². The van der Waals surface area contributed by atoms with E-state index in [9.17, 15) is 28.0 Å². The van der Waals surface area contributed by atoms with Gasteiger partial charge in [-0.25, -0.2) is 0 Å². The topological polar surface area (TPSA) is 159 Å². The van der Waals surface area contributed by atoms with Gasteiger partial charge in [-0.1, -0.05) is 11.8 Å². The van der Waals surface area contributed by atoms with E-state index in [1.54, 1.807) is 0 Å². The molecule has 2 unspecified atom stereocenters. The van der Waals surface area contributed by atoms with Gasteiger partial charge in [0.05, 0.1) is 5.88 Å². The van der Waals surface area contributed by atoms with Gasteiger partial charge in [0, 0.05) is 12.2 Å². The van der Waals surface area contributed by atoms with Crippen molar-refractivity contribution in [2.75, 3.05) is 18.2 Å². The highest BCUT2D eigenvalue weighted by Gasteiger charge is 2.32. The van der Waals surface area contributed by atoms with Gasteiger partial charge in [0.2, 0.25) is 11.8 Å². The van der Waals surface area contributed by atoms with E-state index in [0.717, 1.165) is 0 Å². The molecule has 0 aliphatic rings. The molecule has 0 aliphatic carbocycles. The van der Waals surface area contributed by atoms with E-state index in [-0.39, 0.29) is 24.6 Å². The van der Waals surface area contributed by atoms with Gasteiger partial charge in [-0.15, -0.1) is 11.6 Å². The summed E-state index contributed by atoms with van der Waals surface area (Å²) in [4.78, 5) is 44.6. The molecule has 0 spiro atoms. The van der Waals surface area contributed by atoms with E-state index in [2.05, 4.69) is 5.32 Å². The number of hydrogen-bond acceptors (Lipinski definition) is 6. The number of carboxylic acids is 2. The molecular weight excluding hydrogens is 388 g/mol. The molecule has 2 amide bonds. The molecule has 144 valence electrons. The van der Waals surface area contributed by atoms with E-state index < -0.39 is 59.3 Å². The van der Waals surface area contributed by atoms with Crippen LogP contribution in [0.2, 0.25) is 0 Å². The maximum atomic E-state index is 13.2. The lowest BCUT2D eigenvalue weighted by molar-refractivity contribution is -0.139. The second-order valence-corrected chi connectivity index (χ2v) is 6.28. The van der Waals surface area contributed by atoms with Gasteiger partial charge in [-0.3, -0.25) is 19.2 Å². The lowest BCUT2D eigenvalue weighted by Gasteiger charge is -2.20. The number of carbonyl (C=O) groups excluding carboxylic acids is 2. The third-order valence-corrected chi connectivity index (χ3v) is 4.24. The number of nitrogens with two attached hydrogens (primary N) is 1. The number of carbonyl (C=O) groups is 4. The molecule has 0 bridgehead atoms. The van der Waals surface area contributed by atoms with Crippen LogP contribution in [-0.2, 0) is 19.2 Å². The van der Waals surface area contributed by atoms with Crippen LogP contribution in [0.5, 0.6) is 0 Å². The van der Waals surface area contributed by atoms with Gasteiger partial charge in [-0.2, -0.15) is 8.78 Å². The van der Waals surface area contributed by atoms with Gasteiger partial charge in [-0.05, 0) is 6.42 Å². The van der Waals surface area contributed by atoms with Crippen LogP contribution >= 0.6 is 23.4 Å². The lowest BCUT2D eigenvalue weighted by atomic mass is 10.1. The molecule has 0 aliphatic heterocycles. The van der Waals surface area contributed by atoms with Crippen molar-refractivity contribution < 1.29 is 38.2 Å². The number of rotatable bonds is 12. The Balaban J connectivity index is 4.75. The first-order chi connectivity index (χ1) is 11.5. The standard InChI is InChI=1S/C12H18ClF2N3O6S/c13-5-12(14,15)25-4-7(10(22)17-3-9(20)21)18-8(19)2-1-6(16)11(23)24/h6-7H,1-5,16H2,(H,17,22)(H,18,19)(H,20,21)(H,23,24). The van der Waals surface area contributed by atoms with Gasteiger partial charge in [0.1, 0.15) is 18.6 Å². The van der Waals surface area contributed by atoms with Crippen LogP contribution in [0.25, 0.3) is 0 Å². The van der Waals surface area contributed by atoms with E-state index in [1.165, 1.54) is 0 Å². The molecule has 13 heteroatoms. The summed E-state index contributed by atoms with van der Waals surface area (Å²) in [5.74, 6) is -6.02. The largest absolute Gasteiger partial charge is 0.480 e. The Morgan fingerprint density at radius 2 is 1.84 bits per heavy atom. The molecule has 0 radical (unpaired) electrons. The van der Waals surface area contributed by atoms with Crippen molar-refractivity contribution in [3.63, 3.8) is 0 Å². The maximum absolute atomic E-state index is 13.2. The number of carboxylic acid groups (broad SMARTS) is 2. The molecule has 0 saturated heterocycles. The Hall–Kier alpha value is -1.66. The summed E-state index contributed by atoms with van der Waals surface area (Å²) in [6.45, 7) is -0.758. The Bertz CT molecular complexity index is 511. The number of halogens is 3. The van der Waals surface area contributed by atoms with Crippen molar-refractivity contribution in [2.24, 2.45) is 5.73 Å². The lowest BCUT2D eigenvalue weighted by Crippen LogP contribution is -2.50. The summed E-state index contributed by atoms with van der Waals surface area (Å²) in [7, 11) is 0. The fourth-order valence-electron chi connectivity index (χ4n) is 1.39. The van der Waals surface area contributed by atoms with Crippen molar-refractivity contribution in [3.05, 3.63) is 0 Å². The third-order valence-electron chi connectivity index (χ3n) is 2.68. The highest BCUT2D eigenvalue weighted by atomic mass is 35.5. The molecule has 0 aromatic carbocycles. The molecular formula is C12H18ClF2N3O6S. The van der Waals surface area contributed by atoms with Crippen LogP contribution in [0.1, 0.15) is 12.8 Å². The minimum Gasteiger partial charge on any atom is -0.480 e. The molecule has 0 saturated carbocycles. The Morgan fingerprint density at radius 3 is 2.32 bits per heavy atom. The van der Waals surface area contributed by atoms with E-state index in [4.69, 9.17) is 27.5 Å². The van der Waals surface area contributed by atoms with E-state index in [1.807, 2.05) is 5.32 Å². The average molecular weight is 406 g/mol. The zero-order valence-electron chi connectivity index (χ0n) is 12.8. The molecule has 2 atom stereocenters. The quantitative estimate of drug-likeness (QED) is 0.270. The Labute approximate surface area is 150 Å². The minimum atomic E-state index is -3.34. The molecule has 0 fully saturated rings. The summed E-state index contributed by atoms with van der Waals surface area (Å²) in [5, 5.41) is 17.9. The molecule has 6 N–H and O–H groups in total. The Kier molecular flexibility index (Phi) is 10.3. The highest BCUT2D eigenvalue weighted by Crippen LogP contribution is 2.30. The fourth-order valence-corrected chi connectivity index (χ4v) is 2.34. The average Bonchev–Trinajstić information content (AvgIpc) is 2.53. The summed E-state index contributed by atoms with van der Waals surface area (Å²) < 4.78 is 26.4. The number of nitrogens with one attached hydrogen (secondary N) is 2. The Morgan fingerprint density at radius 1 is 1.24 bits per heavy atom. The first kappa shape index (κ1) is 23.3. The van der Waals surface area contributed by atoms with E-state index in [0.29, 0.717) is 0 Å². The van der Waals surface area contributed by atoms with Gasteiger partial charge < -0.3 is 26.6 Å². The van der Waals surface area contributed by atoms with Crippen molar-refractivity contribution in [1.29, 1.82) is 0 Å². The zero-order valence-corrected chi connectivity index (χ0v) is 14.4. The second-order valence-electron chi connectivity index (χ2n) is 4.80. The minimum absolute atomic E-state index is 0.0136. The summed E-state index contributed by atoms with van der Waals surface area (Å²) in [6, 6.07) is -2.74. The summed E-state index contributed by atoms with van der Waals surface area (Å²) >= 11 is 5.09. The van der Waals surface area contributed by atoms with Crippen molar-refractivity contribution >= 4 is 47.1 Å². The zero-order chi connectivity index (χ0) is 19.6. The SMILES string of the molecule is NC(CCC(=O)NC(CSC(F)(F)CCl)C(=O)NCC(=O)O)C(=O)O. The third kappa shape index (κ3) is 10.7. The molecule has 9 nitrogen and oxygen atoms in total.